The Kier molecular flexibility index (Phi) is 6.06. The summed E-state index contributed by atoms with van der Waals surface area (Å²) in [6.07, 6.45) is 2.40. The number of anilines is 1. The molecule has 144 valence electrons. The van der Waals surface area contributed by atoms with E-state index in [0.29, 0.717) is 29.5 Å². The van der Waals surface area contributed by atoms with Crippen LogP contribution in [0.1, 0.15) is 31.9 Å². The first kappa shape index (κ1) is 19.3. The first-order valence-electron chi connectivity index (χ1n) is 9.07. The van der Waals surface area contributed by atoms with Gasteiger partial charge in [-0.2, -0.15) is 0 Å². The number of halogens is 1. The predicted molar refractivity (Wildman–Crippen MR) is 103 cm³/mol. The third-order valence-corrected chi connectivity index (χ3v) is 5.00. The van der Waals surface area contributed by atoms with Crippen molar-refractivity contribution in [2.45, 2.75) is 26.2 Å². The van der Waals surface area contributed by atoms with Crippen molar-refractivity contribution >= 4 is 29.1 Å². The third kappa shape index (κ3) is 4.63. The molecule has 2 aromatic rings. The van der Waals surface area contributed by atoms with Crippen LogP contribution < -0.4 is 10.1 Å². The number of benzene rings is 1. The molecule has 7 heteroatoms. The second-order valence-corrected chi connectivity index (χ2v) is 6.86. The first-order chi connectivity index (χ1) is 13.0. The Morgan fingerprint density at radius 2 is 2.07 bits per heavy atom. The number of hydrogen-bond donors (Lipinski definition) is 1. The molecule has 1 aliphatic rings. The van der Waals surface area contributed by atoms with Crippen molar-refractivity contribution in [2.24, 2.45) is 5.92 Å². The van der Waals surface area contributed by atoms with Crippen molar-refractivity contribution in [2.75, 3.05) is 25.0 Å². The zero-order chi connectivity index (χ0) is 19.4. The van der Waals surface area contributed by atoms with Gasteiger partial charge in [0, 0.05) is 30.6 Å². The van der Waals surface area contributed by atoms with E-state index in [1.807, 2.05) is 26.0 Å². The van der Waals surface area contributed by atoms with Crippen LogP contribution >= 0.6 is 11.6 Å². The molecule has 6 nitrogen and oxygen atoms in total. The maximum Gasteiger partial charge on any atom is 0.260 e. The maximum absolute atomic E-state index is 12.4. The van der Waals surface area contributed by atoms with Crippen LogP contribution in [0.3, 0.4) is 0 Å². The second-order valence-electron chi connectivity index (χ2n) is 6.45. The van der Waals surface area contributed by atoms with Gasteiger partial charge in [0.2, 0.25) is 5.91 Å². The smallest absolute Gasteiger partial charge is 0.260 e. The Labute approximate surface area is 163 Å². The second kappa shape index (κ2) is 8.48. The van der Waals surface area contributed by atoms with Crippen LogP contribution in [0.25, 0.3) is 0 Å². The molecule has 2 atom stereocenters. The SMILES string of the molecule is CCN(CC)C(=O)COc1ccc(NC(=O)C2CC2c2ccco2)cc1Cl. The molecule has 1 N–H and O–H groups in total. The third-order valence-electron chi connectivity index (χ3n) is 4.70. The van der Waals surface area contributed by atoms with Crippen molar-refractivity contribution < 1.29 is 18.7 Å². The molecule has 1 aromatic carbocycles. The van der Waals surface area contributed by atoms with Gasteiger partial charge in [0.25, 0.3) is 5.91 Å². The minimum atomic E-state index is -0.0915. The molecule has 0 spiro atoms. The molecule has 1 fully saturated rings. The monoisotopic (exact) mass is 390 g/mol. The number of hydrogen-bond acceptors (Lipinski definition) is 4. The summed E-state index contributed by atoms with van der Waals surface area (Å²) in [5, 5.41) is 3.22. The zero-order valence-electron chi connectivity index (χ0n) is 15.4. The summed E-state index contributed by atoms with van der Waals surface area (Å²) in [6.45, 7) is 5.04. The van der Waals surface area contributed by atoms with E-state index in [2.05, 4.69) is 5.32 Å². The van der Waals surface area contributed by atoms with E-state index in [1.54, 1.807) is 29.4 Å². The van der Waals surface area contributed by atoms with E-state index < -0.39 is 0 Å². The maximum atomic E-state index is 12.4. The van der Waals surface area contributed by atoms with Gasteiger partial charge >= 0.3 is 0 Å². The molecule has 1 heterocycles. The summed E-state index contributed by atoms with van der Waals surface area (Å²) < 4.78 is 10.9. The standard InChI is InChI=1S/C20H23ClN2O4/c1-3-23(4-2)19(24)12-27-18-8-7-13(10-16(18)21)22-20(25)15-11-14(15)17-6-5-9-26-17/h5-10,14-15H,3-4,11-12H2,1-2H3,(H,22,25). The number of ether oxygens (including phenoxy) is 1. The van der Waals surface area contributed by atoms with E-state index in [-0.39, 0.29) is 30.3 Å². The van der Waals surface area contributed by atoms with Crippen LogP contribution in [0.4, 0.5) is 5.69 Å². The van der Waals surface area contributed by atoms with E-state index in [9.17, 15) is 9.59 Å². The lowest BCUT2D eigenvalue weighted by Gasteiger charge is -2.19. The van der Waals surface area contributed by atoms with Crippen LogP contribution in [-0.4, -0.2) is 36.4 Å². The Balaban J connectivity index is 1.54. The fourth-order valence-electron chi connectivity index (χ4n) is 3.04. The average molecular weight is 391 g/mol. The van der Waals surface area contributed by atoms with Gasteiger partial charge in [-0.15, -0.1) is 0 Å². The molecule has 2 amide bonds. The van der Waals surface area contributed by atoms with Gasteiger partial charge in [-0.25, -0.2) is 0 Å². The molecule has 0 bridgehead atoms. The number of nitrogens with zero attached hydrogens (tertiary/aromatic N) is 1. The summed E-state index contributed by atoms with van der Waals surface area (Å²) in [5.41, 5.74) is 0.595. The molecule has 2 unspecified atom stereocenters. The lowest BCUT2D eigenvalue weighted by Crippen LogP contribution is -2.34. The fraction of sp³-hybridized carbons (Fsp3) is 0.400. The lowest BCUT2D eigenvalue weighted by molar-refractivity contribution is -0.133. The summed E-state index contributed by atoms with van der Waals surface area (Å²) in [4.78, 5) is 26.0. The quantitative estimate of drug-likeness (QED) is 0.741. The minimum absolute atomic E-state index is 0.0575. The molecule has 0 aliphatic heterocycles. The molecule has 3 rings (SSSR count). The number of likely N-dealkylation sites (N-methyl/N-ethyl adjacent to an activating group) is 1. The predicted octanol–water partition coefficient (Wildman–Crippen LogP) is 3.92. The van der Waals surface area contributed by atoms with E-state index in [4.69, 9.17) is 20.8 Å². The van der Waals surface area contributed by atoms with Crippen LogP contribution in [0.2, 0.25) is 5.02 Å². The molecule has 0 radical (unpaired) electrons. The normalized spacial score (nSPS) is 18.0. The highest BCUT2D eigenvalue weighted by Gasteiger charge is 2.45. The highest BCUT2D eigenvalue weighted by atomic mass is 35.5. The van der Waals surface area contributed by atoms with Gasteiger partial charge in [-0.1, -0.05) is 11.6 Å². The van der Waals surface area contributed by atoms with Gasteiger partial charge in [0.05, 0.1) is 11.3 Å². The number of carbonyl (C=O) groups excluding carboxylic acids is 2. The summed E-state index contributed by atoms with van der Waals surface area (Å²) in [6, 6.07) is 8.71. The van der Waals surface area contributed by atoms with E-state index in [0.717, 1.165) is 12.2 Å². The molecular formula is C20H23ClN2O4. The minimum Gasteiger partial charge on any atom is -0.482 e. The fourth-order valence-corrected chi connectivity index (χ4v) is 3.27. The van der Waals surface area contributed by atoms with E-state index in [1.165, 1.54) is 0 Å². The number of nitrogens with one attached hydrogen (secondary N) is 1. The Morgan fingerprint density at radius 1 is 1.30 bits per heavy atom. The van der Waals surface area contributed by atoms with Crippen molar-refractivity contribution in [1.82, 2.24) is 4.90 Å². The van der Waals surface area contributed by atoms with Crippen LogP contribution in [0.15, 0.2) is 41.0 Å². The van der Waals surface area contributed by atoms with Gasteiger partial charge < -0.3 is 19.4 Å². The Hall–Kier alpha value is -2.47. The number of carbonyl (C=O) groups is 2. The summed E-state index contributed by atoms with van der Waals surface area (Å²) >= 11 is 6.23. The van der Waals surface area contributed by atoms with Gasteiger partial charge in [0.1, 0.15) is 11.5 Å². The van der Waals surface area contributed by atoms with Crippen molar-refractivity contribution in [1.29, 1.82) is 0 Å². The zero-order valence-corrected chi connectivity index (χ0v) is 16.2. The van der Waals surface area contributed by atoms with Crippen LogP contribution in [0.5, 0.6) is 5.75 Å². The van der Waals surface area contributed by atoms with Crippen molar-refractivity contribution in [3.63, 3.8) is 0 Å². The van der Waals surface area contributed by atoms with Crippen molar-refractivity contribution in [3.05, 3.63) is 47.4 Å². The van der Waals surface area contributed by atoms with E-state index >= 15 is 0 Å². The lowest BCUT2D eigenvalue weighted by atomic mass is 10.2. The largest absolute Gasteiger partial charge is 0.482 e. The van der Waals surface area contributed by atoms with Gasteiger partial charge in [-0.3, -0.25) is 9.59 Å². The van der Waals surface area contributed by atoms with Crippen LogP contribution in [0, 0.1) is 5.92 Å². The molecule has 27 heavy (non-hydrogen) atoms. The topological polar surface area (TPSA) is 71.8 Å². The first-order valence-corrected chi connectivity index (χ1v) is 9.45. The number of furan rings is 1. The number of amides is 2. The Morgan fingerprint density at radius 3 is 2.70 bits per heavy atom. The summed E-state index contributed by atoms with van der Waals surface area (Å²) in [5.74, 6) is 1.16. The molecule has 1 aliphatic carbocycles. The highest BCUT2D eigenvalue weighted by Crippen LogP contribution is 2.48. The number of rotatable bonds is 8. The van der Waals surface area contributed by atoms with Crippen molar-refractivity contribution in [3.8, 4) is 5.75 Å². The molecular weight excluding hydrogens is 368 g/mol. The average Bonchev–Trinajstić information content (AvgIpc) is 3.27. The summed E-state index contributed by atoms with van der Waals surface area (Å²) in [7, 11) is 0. The molecule has 1 saturated carbocycles. The highest BCUT2D eigenvalue weighted by molar-refractivity contribution is 6.32. The van der Waals surface area contributed by atoms with Crippen LogP contribution in [-0.2, 0) is 9.59 Å². The van der Waals surface area contributed by atoms with Gasteiger partial charge in [0.15, 0.2) is 6.61 Å². The Bertz CT molecular complexity index is 802. The molecule has 1 aromatic heterocycles. The van der Waals surface area contributed by atoms with Gasteiger partial charge in [-0.05, 0) is 50.6 Å². The molecule has 0 saturated heterocycles.